The van der Waals surface area contributed by atoms with Crippen molar-refractivity contribution in [2.75, 3.05) is 0 Å². The molecule has 2 heterocycles. The predicted octanol–water partition coefficient (Wildman–Crippen LogP) is 1.29. The Morgan fingerprint density at radius 1 is 1.50 bits per heavy atom. The molecule has 0 atom stereocenters. The summed E-state index contributed by atoms with van der Waals surface area (Å²) < 4.78 is 7.09. The molecule has 0 radical (unpaired) electrons. The van der Waals surface area contributed by atoms with Crippen LogP contribution in [0.1, 0.15) is 36.0 Å². The van der Waals surface area contributed by atoms with Crippen LogP contribution in [0.15, 0.2) is 23.0 Å². The van der Waals surface area contributed by atoms with Crippen molar-refractivity contribution in [1.29, 1.82) is 0 Å². The van der Waals surface area contributed by atoms with Crippen LogP contribution in [-0.4, -0.2) is 19.8 Å². The van der Waals surface area contributed by atoms with Gasteiger partial charge in [-0.2, -0.15) is 4.98 Å². The monoisotopic (exact) mass is 219 g/mol. The van der Waals surface area contributed by atoms with Crippen LogP contribution in [0.4, 0.5) is 0 Å². The predicted molar refractivity (Wildman–Crippen MR) is 55.7 cm³/mol. The first-order chi connectivity index (χ1) is 7.85. The third-order valence-electron chi connectivity index (χ3n) is 2.74. The Kier molecular flexibility index (Phi) is 2.25. The second kappa shape index (κ2) is 3.75. The van der Waals surface area contributed by atoms with Crippen LogP contribution in [0.25, 0.3) is 0 Å². The Hall–Kier alpha value is -1.62. The van der Waals surface area contributed by atoms with E-state index in [4.69, 9.17) is 9.63 Å². The highest BCUT2D eigenvalue weighted by molar-refractivity contribution is 5.10. The summed E-state index contributed by atoms with van der Waals surface area (Å²) in [7, 11) is 0. The van der Waals surface area contributed by atoms with E-state index in [-0.39, 0.29) is 6.61 Å². The summed E-state index contributed by atoms with van der Waals surface area (Å²) in [6.45, 7) is 0.629. The topological polar surface area (TPSA) is 64.1 Å². The first kappa shape index (κ1) is 9.59. The van der Waals surface area contributed by atoms with E-state index in [1.165, 1.54) is 12.8 Å². The molecule has 1 aliphatic rings. The minimum absolute atomic E-state index is 0.0597. The van der Waals surface area contributed by atoms with Crippen molar-refractivity contribution < 1.29 is 9.63 Å². The molecule has 1 fully saturated rings. The molecular formula is C11H13N3O2. The van der Waals surface area contributed by atoms with Crippen molar-refractivity contribution >= 4 is 0 Å². The molecule has 0 aromatic carbocycles. The maximum Gasteiger partial charge on any atom is 0.246 e. The standard InChI is InChI=1S/C11H13N3O2/c15-7-8-3-4-14(5-8)6-10-12-11(13-16-10)9-1-2-9/h3-5,9,15H,1-2,6-7H2. The SMILES string of the molecule is OCc1ccn(Cc2nc(C3CC3)no2)c1. The van der Waals surface area contributed by atoms with Crippen LogP contribution in [0, 0.1) is 0 Å². The Balaban J connectivity index is 1.72. The van der Waals surface area contributed by atoms with Gasteiger partial charge in [-0.3, -0.25) is 0 Å². The second-order valence-electron chi connectivity index (χ2n) is 4.17. The van der Waals surface area contributed by atoms with Crippen molar-refractivity contribution in [3.8, 4) is 0 Å². The fraction of sp³-hybridized carbons (Fsp3) is 0.455. The number of aliphatic hydroxyl groups excluding tert-OH is 1. The van der Waals surface area contributed by atoms with Gasteiger partial charge >= 0.3 is 0 Å². The van der Waals surface area contributed by atoms with E-state index < -0.39 is 0 Å². The summed E-state index contributed by atoms with van der Waals surface area (Å²) in [6.07, 6.45) is 6.13. The number of nitrogens with zero attached hydrogens (tertiary/aromatic N) is 3. The van der Waals surface area contributed by atoms with E-state index >= 15 is 0 Å². The molecule has 5 heteroatoms. The smallest absolute Gasteiger partial charge is 0.246 e. The first-order valence-corrected chi connectivity index (χ1v) is 5.43. The van der Waals surface area contributed by atoms with Gasteiger partial charge in [0.1, 0.15) is 6.54 Å². The van der Waals surface area contributed by atoms with Crippen LogP contribution in [0.5, 0.6) is 0 Å². The van der Waals surface area contributed by atoms with Gasteiger partial charge in [0.2, 0.25) is 5.89 Å². The molecule has 0 amide bonds. The minimum atomic E-state index is 0.0597. The first-order valence-electron chi connectivity index (χ1n) is 5.43. The van der Waals surface area contributed by atoms with E-state index in [2.05, 4.69) is 10.1 Å². The number of hydrogen-bond donors (Lipinski definition) is 1. The molecule has 5 nitrogen and oxygen atoms in total. The van der Waals surface area contributed by atoms with Crippen molar-refractivity contribution in [1.82, 2.24) is 14.7 Å². The van der Waals surface area contributed by atoms with Gasteiger partial charge in [-0.15, -0.1) is 0 Å². The average Bonchev–Trinajstić information content (AvgIpc) is 2.88. The Bertz CT molecular complexity index is 485. The zero-order valence-electron chi connectivity index (χ0n) is 8.83. The Morgan fingerprint density at radius 2 is 2.38 bits per heavy atom. The van der Waals surface area contributed by atoms with Gasteiger partial charge in [-0.05, 0) is 24.5 Å². The lowest BCUT2D eigenvalue weighted by Gasteiger charge is -1.95. The third-order valence-corrected chi connectivity index (χ3v) is 2.74. The molecular weight excluding hydrogens is 206 g/mol. The summed E-state index contributed by atoms with van der Waals surface area (Å²) in [5.74, 6) is 1.99. The molecule has 2 aromatic rings. The van der Waals surface area contributed by atoms with Gasteiger partial charge < -0.3 is 14.2 Å². The molecule has 0 spiro atoms. The van der Waals surface area contributed by atoms with E-state index in [1.807, 2.05) is 23.0 Å². The zero-order valence-corrected chi connectivity index (χ0v) is 8.83. The van der Waals surface area contributed by atoms with Crippen LogP contribution in [0.2, 0.25) is 0 Å². The van der Waals surface area contributed by atoms with E-state index in [0.29, 0.717) is 18.4 Å². The maximum atomic E-state index is 8.94. The van der Waals surface area contributed by atoms with Crippen molar-refractivity contribution in [3.05, 3.63) is 35.7 Å². The normalized spacial score (nSPS) is 15.6. The lowest BCUT2D eigenvalue weighted by atomic mass is 10.4. The number of aromatic nitrogens is 3. The molecule has 0 aliphatic heterocycles. The van der Waals surface area contributed by atoms with Gasteiger partial charge in [0.05, 0.1) is 6.61 Å². The third kappa shape index (κ3) is 1.86. The molecule has 16 heavy (non-hydrogen) atoms. The van der Waals surface area contributed by atoms with Crippen molar-refractivity contribution in [2.24, 2.45) is 0 Å². The molecule has 0 unspecified atom stereocenters. The van der Waals surface area contributed by atoms with Crippen molar-refractivity contribution in [2.45, 2.75) is 31.9 Å². The number of hydrogen-bond acceptors (Lipinski definition) is 4. The largest absolute Gasteiger partial charge is 0.392 e. The van der Waals surface area contributed by atoms with Gasteiger partial charge in [-0.1, -0.05) is 5.16 Å². The van der Waals surface area contributed by atoms with Gasteiger partial charge in [0, 0.05) is 18.3 Å². The zero-order chi connectivity index (χ0) is 11.0. The number of aliphatic hydroxyl groups is 1. The molecule has 3 rings (SSSR count). The minimum Gasteiger partial charge on any atom is -0.392 e. The van der Waals surface area contributed by atoms with Gasteiger partial charge in [0.25, 0.3) is 0 Å². The van der Waals surface area contributed by atoms with E-state index in [1.54, 1.807) is 0 Å². The highest BCUT2D eigenvalue weighted by Gasteiger charge is 2.28. The molecule has 1 N–H and O–H groups in total. The molecule has 84 valence electrons. The second-order valence-corrected chi connectivity index (χ2v) is 4.17. The highest BCUT2D eigenvalue weighted by Crippen LogP contribution is 2.38. The summed E-state index contributed by atoms with van der Waals surface area (Å²) >= 11 is 0. The average molecular weight is 219 g/mol. The lowest BCUT2D eigenvalue weighted by Crippen LogP contribution is -1.96. The summed E-state index contributed by atoms with van der Waals surface area (Å²) in [5.41, 5.74) is 0.891. The quantitative estimate of drug-likeness (QED) is 0.841. The Morgan fingerprint density at radius 3 is 3.06 bits per heavy atom. The van der Waals surface area contributed by atoms with Crippen LogP contribution in [0.3, 0.4) is 0 Å². The van der Waals surface area contributed by atoms with E-state index in [0.717, 1.165) is 11.4 Å². The van der Waals surface area contributed by atoms with Crippen LogP contribution in [-0.2, 0) is 13.2 Å². The summed E-state index contributed by atoms with van der Waals surface area (Å²) in [6, 6.07) is 1.87. The van der Waals surface area contributed by atoms with Gasteiger partial charge in [-0.25, -0.2) is 0 Å². The van der Waals surface area contributed by atoms with E-state index in [9.17, 15) is 0 Å². The van der Waals surface area contributed by atoms with Crippen LogP contribution < -0.4 is 0 Å². The summed E-state index contributed by atoms with van der Waals surface area (Å²) in [4.78, 5) is 4.34. The fourth-order valence-electron chi connectivity index (χ4n) is 1.68. The lowest BCUT2D eigenvalue weighted by molar-refractivity contribution is 0.281. The molecule has 0 bridgehead atoms. The fourth-order valence-corrected chi connectivity index (χ4v) is 1.68. The Labute approximate surface area is 92.7 Å². The highest BCUT2D eigenvalue weighted by atomic mass is 16.5. The van der Waals surface area contributed by atoms with Gasteiger partial charge in [0.15, 0.2) is 5.82 Å². The number of rotatable bonds is 4. The molecule has 0 saturated heterocycles. The molecule has 1 aliphatic carbocycles. The summed E-state index contributed by atoms with van der Waals surface area (Å²) in [5, 5.41) is 12.9. The van der Waals surface area contributed by atoms with Crippen molar-refractivity contribution in [3.63, 3.8) is 0 Å². The van der Waals surface area contributed by atoms with Crippen LogP contribution >= 0.6 is 0 Å². The molecule has 1 saturated carbocycles. The maximum absolute atomic E-state index is 8.94. The molecule has 2 aromatic heterocycles.